The Morgan fingerprint density at radius 1 is 1.19 bits per heavy atom. The van der Waals surface area contributed by atoms with Gasteiger partial charge in [-0.2, -0.15) is 0 Å². The summed E-state index contributed by atoms with van der Waals surface area (Å²) in [6.45, 7) is 3.16. The maximum Gasteiger partial charge on any atom is 0.136 e. The fourth-order valence-corrected chi connectivity index (χ4v) is 3.25. The van der Waals surface area contributed by atoms with E-state index in [9.17, 15) is 4.79 Å². The van der Waals surface area contributed by atoms with E-state index in [2.05, 4.69) is 12.2 Å². The summed E-state index contributed by atoms with van der Waals surface area (Å²) in [6, 6.07) is 0. The number of carbonyl (C=O) groups excluding carboxylic acids is 1. The first-order chi connectivity index (χ1) is 7.21. The van der Waals surface area contributed by atoms with Gasteiger partial charge >= 0.3 is 0 Å². The Morgan fingerprint density at radius 2 is 1.81 bits per heavy atom. The van der Waals surface area contributed by atoms with E-state index in [1.54, 1.807) is 0 Å². The normalized spacial score (nSPS) is 32.9. The van der Waals surface area contributed by atoms with E-state index in [1.165, 1.54) is 38.5 Å². The molecule has 1 N–H and O–H groups in total. The molecule has 94 valence electrons. The third-order valence-electron chi connectivity index (χ3n) is 4.25. The largest absolute Gasteiger partial charge is 0.310 e. The van der Waals surface area contributed by atoms with E-state index in [-0.39, 0.29) is 17.9 Å². The van der Waals surface area contributed by atoms with Crippen molar-refractivity contribution in [1.29, 1.82) is 0 Å². The molecule has 0 spiro atoms. The lowest BCUT2D eigenvalue weighted by molar-refractivity contribution is -0.122. The Morgan fingerprint density at radius 3 is 2.38 bits per heavy atom. The Balaban J connectivity index is 0.00000128. The summed E-state index contributed by atoms with van der Waals surface area (Å²) in [7, 11) is 0. The van der Waals surface area contributed by atoms with Gasteiger partial charge < -0.3 is 5.32 Å². The molecule has 0 bridgehead atoms. The molecular formula is C13H24ClNO. The Kier molecular flexibility index (Phi) is 5.26. The lowest BCUT2D eigenvalue weighted by Gasteiger charge is -2.41. The quantitative estimate of drug-likeness (QED) is 0.720. The highest BCUT2D eigenvalue weighted by Crippen LogP contribution is 2.35. The second-order valence-electron chi connectivity index (χ2n) is 5.50. The molecule has 0 aromatic heterocycles. The zero-order valence-electron chi connectivity index (χ0n) is 10.3. The topological polar surface area (TPSA) is 29.1 Å². The zero-order valence-corrected chi connectivity index (χ0v) is 11.1. The lowest BCUT2D eigenvalue weighted by atomic mass is 9.75. The summed E-state index contributed by atoms with van der Waals surface area (Å²) >= 11 is 0. The fraction of sp³-hybridized carbons (Fsp3) is 0.923. The number of Topliss-reactive ketones (excluding diaryl/α,β-unsaturated/α-hetero) is 1. The highest BCUT2D eigenvalue weighted by Gasteiger charge is 2.37. The molecule has 2 fully saturated rings. The van der Waals surface area contributed by atoms with E-state index in [4.69, 9.17) is 0 Å². The molecule has 0 amide bonds. The summed E-state index contributed by atoms with van der Waals surface area (Å²) in [4.78, 5) is 11.6. The summed E-state index contributed by atoms with van der Waals surface area (Å²) < 4.78 is 0. The molecule has 1 saturated carbocycles. The van der Waals surface area contributed by atoms with Crippen LogP contribution in [0.15, 0.2) is 0 Å². The molecule has 1 aliphatic carbocycles. The first-order valence-electron chi connectivity index (χ1n) is 6.47. The number of nitrogens with one attached hydrogen (secondary N) is 1. The third kappa shape index (κ3) is 3.21. The number of carbonyl (C=O) groups is 1. The average molecular weight is 246 g/mol. The van der Waals surface area contributed by atoms with Gasteiger partial charge in [0.25, 0.3) is 0 Å². The van der Waals surface area contributed by atoms with Gasteiger partial charge in [0.15, 0.2) is 0 Å². The molecule has 1 unspecified atom stereocenters. The van der Waals surface area contributed by atoms with Gasteiger partial charge in [0.2, 0.25) is 0 Å². The molecule has 2 aliphatic rings. The maximum absolute atomic E-state index is 11.6. The summed E-state index contributed by atoms with van der Waals surface area (Å²) in [5.41, 5.74) is 0.111. The number of rotatable bonds is 1. The van der Waals surface area contributed by atoms with Crippen molar-refractivity contribution in [3.63, 3.8) is 0 Å². The van der Waals surface area contributed by atoms with Crippen molar-refractivity contribution in [1.82, 2.24) is 5.32 Å². The van der Waals surface area contributed by atoms with Crippen LogP contribution < -0.4 is 5.32 Å². The van der Waals surface area contributed by atoms with Crippen LogP contribution in [-0.2, 0) is 4.79 Å². The van der Waals surface area contributed by atoms with Gasteiger partial charge in [0.1, 0.15) is 5.78 Å². The number of hydrogen-bond acceptors (Lipinski definition) is 2. The fourth-order valence-electron chi connectivity index (χ4n) is 3.25. The minimum absolute atomic E-state index is 0. The van der Waals surface area contributed by atoms with Crippen LogP contribution in [0, 0.1) is 5.92 Å². The summed E-state index contributed by atoms with van der Waals surface area (Å²) in [5, 5.41) is 3.60. The van der Waals surface area contributed by atoms with E-state index >= 15 is 0 Å². The first kappa shape index (κ1) is 14.0. The van der Waals surface area contributed by atoms with Crippen LogP contribution in [-0.4, -0.2) is 17.9 Å². The van der Waals surface area contributed by atoms with Crippen molar-refractivity contribution in [2.24, 2.45) is 5.92 Å². The minimum atomic E-state index is 0. The van der Waals surface area contributed by atoms with Crippen LogP contribution in [0.25, 0.3) is 0 Å². The predicted molar refractivity (Wildman–Crippen MR) is 69.1 cm³/mol. The molecule has 1 saturated heterocycles. The first-order valence-corrected chi connectivity index (χ1v) is 6.47. The maximum atomic E-state index is 11.6. The Labute approximate surface area is 105 Å². The van der Waals surface area contributed by atoms with E-state index in [0.717, 1.165) is 25.3 Å². The van der Waals surface area contributed by atoms with E-state index in [1.807, 2.05) is 0 Å². The number of halogens is 1. The van der Waals surface area contributed by atoms with E-state index < -0.39 is 0 Å². The molecular weight excluding hydrogens is 222 g/mol. The summed E-state index contributed by atoms with van der Waals surface area (Å²) in [5.74, 6) is 1.18. The van der Waals surface area contributed by atoms with Gasteiger partial charge in [-0.05, 0) is 25.7 Å². The second-order valence-corrected chi connectivity index (χ2v) is 5.50. The van der Waals surface area contributed by atoms with Gasteiger partial charge in [-0.1, -0.05) is 25.7 Å². The van der Waals surface area contributed by atoms with Gasteiger partial charge in [0.05, 0.1) is 0 Å². The molecule has 0 aromatic rings. The number of hydrogen-bond donors (Lipinski definition) is 1. The van der Waals surface area contributed by atoms with Crippen molar-refractivity contribution in [2.45, 2.75) is 63.8 Å². The molecule has 0 radical (unpaired) electrons. The minimum Gasteiger partial charge on any atom is -0.310 e. The van der Waals surface area contributed by atoms with Crippen molar-refractivity contribution < 1.29 is 4.79 Å². The van der Waals surface area contributed by atoms with Gasteiger partial charge in [0, 0.05) is 24.9 Å². The smallest absolute Gasteiger partial charge is 0.136 e. The van der Waals surface area contributed by atoms with Gasteiger partial charge in [-0.15, -0.1) is 12.4 Å². The molecule has 1 heterocycles. The molecule has 3 heteroatoms. The van der Waals surface area contributed by atoms with Crippen LogP contribution in [0.5, 0.6) is 0 Å². The lowest BCUT2D eigenvalue weighted by Crippen LogP contribution is -2.54. The summed E-state index contributed by atoms with van der Waals surface area (Å²) in [6.07, 6.45) is 9.63. The van der Waals surface area contributed by atoms with Gasteiger partial charge in [-0.3, -0.25) is 4.79 Å². The van der Waals surface area contributed by atoms with Crippen molar-refractivity contribution in [2.75, 3.05) is 6.54 Å². The second kappa shape index (κ2) is 6.02. The SMILES string of the molecule is CC1(C2CCCCCC2)CC(=O)CCN1.Cl. The zero-order chi connectivity index (χ0) is 10.7. The van der Waals surface area contributed by atoms with Crippen LogP contribution in [0.2, 0.25) is 0 Å². The third-order valence-corrected chi connectivity index (χ3v) is 4.25. The van der Waals surface area contributed by atoms with Crippen LogP contribution in [0.3, 0.4) is 0 Å². The molecule has 1 atom stereocenters. The van der Waals surface area contributed by atoms with Crippen LogP contribution in [0.1, 0.15) is 58.3 Å². The van der Waals surface area contributed by atoms with Crippen LogP contribution >= 0.6 is 12.4 Å². The highest BCUT2D eigenvalue weighted by molar-refractivity contribution is 5.85. The van der Waals surface area contributed by atoms with Crippen molar-refractivity contribution >= 4 is 18.2 Å². The monoisotopic (exact) mass is 245 g/mol. The standard InChI is InChI=1S/C13H23NO.ClH/c1-13(10-12(15)8-9-14-13)11-6-4-2-3-5-7-11;/h11,14H,2-10H2,1H3;1H. The van der Waals surface area contributed by atoms with Crippen molar-refractivity contribution in [3.05, 3.63) is 0 Å². The molecule has 2 nitrogen and oxygen atoms in total. The Hall–Kier alpha value is -0.0800. The van der Waals surface area contributed by atoms with Gasteiger partial charge in [-0.25, -0.2) is 0 Å². The number of ketones is 1. The van der Waals surface area contributed by atoms with Crippen molar-refractivity contribution in [3.8, 4) is 0 Å². The number of piperidine rings is 1. The van der Waals surface area contributed by atoms with Crippen LogP contribution in [0.4, 0.5) is 0 Å². The van der Waals surface area contributed by atoms with E-state index in [0.29, 0.717) is 5.78 Å². The molecule has 16 heavy (non-hydrogen) atoms. The molecule has 1 aliphatic heterocycles. The molecule has 0 aromatic carbocycles. The highest BCUT2D eigenvalue weighted by atomic mass is 35.5. The molecule has 2 rings (SSSR count). The Bertz CT molecular complexity index is 236. The average Bonchev–Trinajstić information content (AvgIpc) is 2.45. The predicted octanol–water partition coefficient (Wildman–Crippen LogP) is 3.09.